The van der Waals surface area contributed by atoms with Gasteiger partial charge in [0.25, 0.3) is 11.1 Å². The monoisotopic (exact) mass is 632 g/mol. The van der Waals surface area contributed by atoms with Crippen LogP contribution in [0.15, 0.2) is 35.2 Å². The van der Waals surface area contributed by atoms with Gasteiger partial charge in [0.2, 0.25) is 5.91 Å². The number of ether oxygens (including phenoxy) is 3. The second kappa shape index (κ2) is 12.2. The van der Waals surface area contributed by atoms with Crippen LogP contribution in [0.25, 0.3) is 6.08 Å². The van der Waals surface area contributed by atoms with Crippen LogP contribution < -0.4 is 14.8 Å². The molecule has 3 rings (SSSR count). The summed E-state index contributed by atoms with van der Waals surface area (Å²) < 4.78 is 43.1. The first-order valence-electron chi connectivity index (χ1n) is 10.3. The lowest BCUT2D eigenvalue weighted by atomic mass is 10.2. The molecule has 1 aliphatic rings. The van der Waals surface area contributed by atoms with Gasteiger partial charge >= 0.3 is 5.97 Å². The van der Waals surface area contributed by atoms with E-state index in [-0.39, 0.29) is 17.2 Å². The van der Waals surface area contributed by atoms with Gasteiger partial charge in [0.05, 0.1) is 27.9 Å². The van der Waals surface area contributed by atoms with Crippen LogP contribution in [-0.2, 0) is 19.1 Å². The van der Waals surface area contributed by atoms with E-state index in [2.05, 4.69) is 10.1 Å². The Morgan fingerprint density at radius 1 is 1.17 bits per heavy atom. The van der Waals surface area contributed by atoms with E-state index in [1.165, 1.54) is 13.2 Å². The summed E-state index contributed by atoms with van der Waals surface area (Å²) in [5.74, 6) is -3.28. The van der Waals surface area contributed by atoms with Crippen LogP contribution in [0.4, 0.5) is 19.3 Å². The number of thioether (sulfide) groups is 1. The largest absolute Gasteiger partial charge is 0.490 e. The smallest absolute Gasteiger partial charge is 0.343 e. The second-order valence-electron chi connectivity index (χ2n) is 7.07. The first-order chi connectivity index (χ1) is 17.1. The zero-order valence-electron chi connectivity index (χ0n) is 18.9. The molecule has 0 radical (unpaired) electrons. The Balaban J connectivity index is 1.76. The molecule has 2 aromatic carbocycles. The lowest BCUT2D eigenvalue weighted by Gasteiger charge is -2.14. The molecule has 1 aliphatic heterocycles. The summed E-state index contributed by atoms with van der Waals surface area (Å²) in [6.45, 7) is 1.09. The quantitative estimate of drug-likeness (QED) is 0.249. The Hall–Kier alpha value is -3.20. The molecule has 3 amide bonds. The highest BCUT2D eigenvalue weighted by atomic mass is 127. The highest BCUT2D eigenvalue weighted by Crippen LogP contribution is 2.37. The average molecular weight is 632 g/mol. The number of nitrogens with one attached hydrogen (secondary N) is 1. The summed E-state index contributed by atoms with van der Waals surface area (Å²) in [6, 6.07) is 5.84. The Bertz CT molecular complexity index is 1260. The predicted octanol–water partition coefficient (Wildman–Crippen LogP) is 4.19. The Morgan fingerprint density at radius 3 is 2.58 bits per heavy atom. The highest BCUT2D eigenvalue weighted by Gasteiger charge is 2.36. The molecule has 0 saturated carbocycles. The van der Waals surface area contributed by atoms with Crippen molar-refractivity contribution in [2.45, 2.75) is 6.92 Å². The van der Waals surface area contributed by atoms with E-state index in [4.69, 9.17) is 9.47 Å². The maximum Gasteiger partial charge on any atom is 0.343 e. The summed E-state index contributed by atoms with van der Waals surface area (Å²) in [5.41, 5.74) is 0.230. The second-order valence-corrected chi connectivity index (χ2v) is 9.22. The zero-order valence-corrected chi connectivity index (χ0v) is 21.9. The van der Waals surface area contributed by atoms with E-state index in [1.54, 1.807) is 19.1 Å². The molecule has 36 heavy (non-hydrogen) atoms. The summed E-state index contributed by atoms with van der Waals surface area (Å²) in [6.07, 6.45) is 1.46. The van der Waals surface area contributed by atoms with Crippen molar-refractivity contribution >= 4 is 69.1 Å². The van der Waals surface area contributed by atoms with E-state index < -0.39 is 41.2 Å². The van der Waals surface area contributed by atoms with Gasteiger partial charge in [0, 0.05) is 6.07 Å². The van der Waals surface area contributed by atoms with Crippen molar-refractivity contribution in [2.24, 2.45) is 0 Å². The van der Waals surface area contributed by atoms with Gasteiger partial charge in [0.15, 0.2) is 18.1 Å². The maximum absolute atomic E-state index is 13.8. The Labute approximate surface area is 222 Å². The standard InChI is InChI=1S/C23H19F2IN2O7S/c1-3-34-17-7-12(6-15(26)21(17)35-11-20(30)33-2)8-18-22(31)28(23(32)36-18)10-19(29)27-16-5-4-13(24)9-14(16)25/h4-9H,3,10-11H2,1-2H3,(H,27,29)/b18-8+. The number of hydrogen-bond donors (Lipinski definition) is 1. The fraction of sp³-hybridized carbons (Fsp3) is 0.217. The summed E-state index contributed by atoms with van der Waals surface area (Å²) >= 11 is 2.61. The minimum absolute atomic E-state index is 0.0576. The number of carbonyl (C=O) groups is 4. The van der Waals surface area contributed by atoms with Crippen LogP contribution in [0.2, 0.25) is 0 Å². The number of carbonyl (C=O) groups excluding carboxylic acids is 4. The molecule has 0 spiro atoms. The van der Waals surface area contributed by atoms with Gasteiger partial charge in [-0.3, -0.25) is 19.3 Å². The SMILES string of the molecule is CCOc1cc(/C=C2/SC(=O)N(CC(=O)Nc3ccc(F)cc3F)C2=O)cc(I)c1OCC(=O)OC. The fourth-order valence-electron chi connectivity index (χ4n) is 2.98. The van der Waals surface area contributed by atoms with Crippen molar-refractivity contribution < 1.29 is 42.2 Å². The molecule has 0 bridgehead atoms. The topological polar surface area (TPSA) is 111 Å². The molecule has 0 aliphatic carbocycles. The number of methoxy groups -OCH3 is 1. The van der Waals surface area contributed by atoms with Gasteiger partial charge in [-0.2, -0.15) is 0 Å². The molecule has 0 atom stereocenters. The maximum atomic E-state index is 13.8. The molecule has 9 nitrogen and oxygen atoms in total. The molecule has 2 aromatic rings. The van der Waals surface area contributed by atoms with Crippen LogP contribution in [0, 0.1) is 15.2 Å². The van der Waals surface area contributed by atoms with Crippen molar-refractivity contribution in [1.29, 1.82) is 0 Å². The van der Waals surface area contributed by atoms with Crippen molar-refractivity contribution in [3.63, 3.8) is 0 Å². The third-order valence-electron chi connectivity index (χ3n) is 4.57. The lowest BCUT2D eigenvalue weighted by molar-refractivity contribution is -0.143. The summed E-state index contributed by atoms with van der Waals surface area (Å²) in [5, 5.41) is 1.53. The van der Waals surface area contributed by atoms with E-state index in [0.29, 0.717) is 45.1 Å². The minimum atomic E-state index is -0.990. The third kappa shape index (κ3) is 6.72. The van der Waals surface area contributed by atoms with E-state index in [0.717, 1.165) is 17.0 Å². The van der Waals surface area contributed by atoms with Gasteiger partial charge in [0.1, 0.15) is 18.2 Å². The van der Waals surface area contributed by atoms with Crippen molar-refractivity contribution in [3.8, 4) is 11.5 Å². The molecule has 0 unspecified atom stereocenters. The number of hydrogen-bond acceptors (Lipinski definition) is 8. The van der Waals surface area contributed by atoms with E-state index in [1.807, 2.05) is 22.6 Å². The predicted molar refractivity (Wildman–Crippen MR) is 136 cm³/mol. The lowest BCUT2D eigenvalue weighted by Crippen LogP contribution is -2.36. The van der Waals surface area contributed by atoms with Crippen LogP contribution >= 0.6 is 34.4 Å². The van der Waals surface area contributed by atoms with Crippen molar-refractivity contribution in [3.05, 3.63) is 56.0 Å². The average Bonchev–Trinajstić information content (AvgIpc) is 3.07. The molecule has 1 heterocycles. The van der Waals surface area contributed by atoms with Crippen molar-refractivity contribution in [2.75, 3.05) is 32.2 Å². The molecule has 1 fully saturated rings. The zero-order chi connectivity index (χ0) is 26.4. The molecule has 1 N–H and O–H groups in total. The van der Waals surface area contributed by atoms with E-state index >= 15 is 0 Å². The Morgan fingerprint density at radius 2 is 1.92 bits per heavy atom. The van der Waals surface area contributed by atoms with Crippen LogP contribution in [0.5, 0.6) is 11.5 Å². The number of halogens is 3. The number of imide groups is 1. The van der Waals surface area contributed by atoms with Crippen LogP contribution in [-0.4, -0.2) is 54.8 Å². The van der Waals surface area contributed by atoms with Gasteiger partial charge < -0.3 is 19.5 Å². The molecule has 0 aromatic heterocycles. The molecular formula is C23H19F2IN2O7S. The molecule has 13 heteroatoms. The molecule has 190 valence electrons. The van der Waals surface area contributed by atoms with E-state index in [9.17, 15) is 28.0 Å². The highest BCUT2D eigenvalue weighted by molar-refractivity contribution is 14.1. The van der Waals surface area contributed by atoms with Gasteiger partial charge in [-0.1, -0.05) is 0 Å². The fourth-order valence-corrected chi connectivity index (χ4v) is 4.60. The first-order valence-corrected chi connectivity index (χ1v) is 12.2. The summed E-state index contributed by atoms with van der Waals surface area (Å²) in [7, 11) is 1.24. The number of esters is 1. The van der Waals surface area contributed by atoms with Gasteiger partial charge in [-0.05, 0) is 77.2 Å². The van der Waals surface area contributed by atoms with Crippen LogP contribution in [0.3, 0.4) is 0 Å². The van der Waals surface area contributed by atoms with Gasteiger partial charge in [-0.15, -0.1) is 0 Å². The number of benzene rings is 2. The third-order valence-corrected chi connectivity index (χ3v) is 6.28. The van der Waals surface area contributed by atoms with Crippen LogP contribution in [0.1, 0.15) is 12.5 Å². The minimum Gasteiger partial charge on any atom is -0.490 e. The summed E-state index contributed by atoms with van der Waals surface area (Å²) in [4.78, 5) is 49.7. The molecular weight excluding hydrogens is 613 g/mol. The molecule has 1 saturated heterocycles. The normalized spacial score (nSPS) is 14.2. The number of amides is 3. The van der Waals surface area contributed by atoms with Crippen molar-refractivity contribution in [1.82, 2.24) is 4.90 Å². The first kappa shape index (κ1) is 27.4. The number of anilines is 1. The number of rotatable bonds is 9. The van der Waals surface area contributed by atoms with Gasteiger partial charge in [-0.25, -0.2) is 13.6 Å². The number of nitrogens with zero attached hydrogens (tertiary/aromatic N) is 1. The Kier molecular flexibility index (Phi) is 9.25.